The average Bonchev–Trinajstić information content (AvgIpc) is 3.44. The minimum atomic E-state index is -0.00275. The Morgan fingerprint density at radius 3 is 2.47 bits per heavy atom. The minimum absolute atomic E-state index is 0.00275. The van der Waals surface area contributed by atoms with Gasteiger partial charge in [0.15, 0.2) is 0 Å². The van der Waals surface area contributed by atoms with Gasteiger partial charge < -0.3 is 15.1 Å². The fourth-order valence-electron chi connectivity index (χ4n) is 6.95. The molecule has 1 aliphatic carbocycles. The summed E-state index contributed by atoms with van der Waals surface area (Å²) in [7, 11) is 0. The van der Waals surface area contributed by atoms with Crippen LogP contribution in [0.2, 0.25) is 0 Å². The highest BCUT2D eigenvalue weighted by Gasteiger charge is 2.47. The molecule has 1 spiro atoms. The Labute approximate surface area is 224 Å². The van der Waals surface area contributed by atoms with Crippen LogP contribution in [-0.4, -0.2) is 58.1 Å². The van der Waals surface area contributed by atoms with E-state index in [0.29, 0.717) is 18.2 Å². The SMILES string of the molecule is O=C(N1CC[C@@H](Cn2cnc(-c3ccccc3)cc2=O)C2(CCCC2)C1)N1CCNC[C@H]1c1ccccc1. The summed E-state index contributed by atoms with van der Waals surface area (Å²) in [6.45, 7) is 4.52. The molecule has 0 unspecified atom stereocenters. The molecule has 7 nitrogen and oxygen atoms in total. The first-order valence-corrected chi connectivity index (χ1v) is 14.1. The number of hydrogen-bond donors (Lipinski definition) is 1. The number of likely N-dealkylation sites (tertiary alicyclic amines) is 1. The normalized spacial score (nSPS) is 23.1. The van der Waals surface area contributed by atoms with Gasteiger partial charge in [-0.1, -0.05) is 73.5 Å². The fourth-order valence-corrected chi connectivity index (χ4v) is 6.95. The first-order chi connectivity index (χ1) is 18.6. The molecule has 3 aliphatic rings. The third kappa shape index (κ3) is 4.87. The van der Waals surface area contributed by atoms with Gasteiger partial charge >= 0.3 is 6.03 Å². The highest BCUT2D eigenvalue weighted by atomic mass is 16.2. The Morgan fingerprint density at radius 1 is 1.00 bits per heavy atom. The monoisotopic (exact) mass is 511 g/mol. The number of carbonyl (C=O) groups excluding carboxylic acids is 1. The zero-order valence-corrected chi connectivity index (χ0v) is 22.0. The summed E-state index contributed by atoms with van der Waals surface area (Å²) in [6, 6.07) is 22.1. The van der Waals surface area contributed by atoms with Crippen molar-refractivity contribution in [1.82, 2.24) is 24.7 Å². The molecule has 1 saturated carbocycles. The molecule has 3 heterocycles. The van der Waals surface area contributed by atoms with Gasteiger partial charge in [-0.2, -0.15) is 0 Å². The van der Waals surface area contributed by atoms with Crippen LogP contribution < -0.4 is 10.9 Å². The van der Waals surface area contributed by atoms with Gasteiger partial charge in [0.25, 0.3) is 5.56 Å². The molecule has 2 aromatic carbocycles. The predicted octanol–water partition coefficient (Wildman–Crippen LogP) is 4.56. The third-order valence-corrected chi connectivity index (χ3v) is 9.03. The molecule has 0 bridgehead atoms. The molecule has 6 rings (SSSR count). The van der Waals surface area contributed by atoms with E-state index in [2.05, 4.69) is 44.4 Å². The first-order valence-electron chi connectivity index (χ1n) is 14.1. The lowest BCUT2D eigenvalue weighted by atomic mass is 9.69. The smallest absolute Gasteiger partial charge is 0.320 e. The molecule has 0 radical (unpaired) electrons. The van der Waals surface area contributed by atoms with E-state index in [0.717, 1.165) is 57.5 Å². The summed E-state index contributed by atoms with van der Waals surface area (Å²) in [4.78, 5) is 35.8. The molecule has 38 heavy (non-hydrogen) atoms. The van der Waals surface area contributed by atoms with E-state index >= 15 is 0 Å². The van der Waals surface area contributed by atoms with Gasteiger partial charge in [-0.15, -0.1) is 0 Å². The van der Waals surface area contributed by atoms with E-state index in [-0.39, 0.29) is 23.0 Å². The highest BCUT2D eigenvalue weighted by Crippen LogP contribution is 2.49. The Kier molecular flexibility index (Phi) is 7.02. The van der Waals surface area contributed by atoms with E-state index in [4.69, 9.17) is 0 Å². The lowest BCUT2D eigenvalue weighted by Gasteiger charge is -2.49. The van der Waals surface area contributed by atoms with Crippen molar-refractivity contribution in [3.05, 3.63) is 89.0 Å². The number of benzene rings is 2. The molecule has 3 fully saturated rings. The minimum Gasteiger partial charge on any atom is -0.324 e. The van der Waals surface area contributed by atoms with Crippen molar-refractivity contribution >= 4 is 6.03 Å². The van der Waals surface area contributed by atoms with Crippen molar-refractivity contribution in [1.29, 1.82) is 0 Å². The first kappa shape index (κ1) is 24.9. The molecular weight excluding hydrogens is 474 g/mol. The number of nitrogens with zero attached hydrogens (tertiary/aromatic N) is 4. The van der Waals surface area contributed by atoms with Crippen LogP contribution in [0.4, 0.5) is 4.79 Å². The lowest BCUT2D eigenvalue weighted by Crippen LogP contribution is -2.58. The average molecular weight is 512 g/mol. The molecule has 3 aromatic rings. The fraction of sp³-hybridized carbons (Fsp3) is 0.452. The zero-order chi connectivity index (χ0) is 26.0. The number of urea groups is 1. The van der Waals surface area contributed by atoms with E-state index in [1.165, 1.54) is 18.4 Å². The van der Waals surface area contributed by atoms with Gasteiger partial charge in [-0.3, -0.25) is 9.36 Å². The summed E-state index contributed by atoms with van der Waals surface area (Å²) in [5.74, 6) is 0.365. The molecule has 2 atom stereocenters. The van der Waals surface area contributed by atoms with Gasteiger partial charge in [0.1, 0.15) is 0 Å². The van der Waals surface area contributed by atoms with Crippen molar-refractivity contribution in [2.45, 2.75) is 44.7 Å². The number of aromatic nitrogens is 2. The van der Waals surface area contributed by atoms with E-state index < -0.39 is 0 Å². The van der Waals surface area contributed by atoms with Gasteiger partial charge in [0.05, 0.1) is 18.1 Å². The van der Waals surface area contributed by atoms with Crippen molar-refractivity contribution in [3.63, 3.8) is 0 Å². The standard InChI is InChI=1S/C31H37N5O2/c37-29-19-27(24-9-3-1-4-10-24)33-23-35(29)21-26-13-17-34(22-31(26)14-7-8-15-31)30(38)36-18-16-32-20-28(36)25-11-5-2-6-12-25/h1-6,9-12,19,23,26,28,32H,7-8,13-18,20-22H2/t26-,28-/m0/s1. The summed E-state index contributed by atoms with van der Waals surface area (Å²) >= 11 is 0. The van der Waals surface area contributed by atoms with Crippen LogP contribution in [0.1, 0.15) is 43.7 Å². The Balaban J connectivity index is 1.19. The van der Waals surface area contributed by atoms with Crippen LogP contribution in [-0.2, 0) is 6.54 Å². The van der Waals surface area contributed by atoms with Crippen LogP contribution in [0.15, 0.2) is 77.9 Å². The van der Waals surface area contributed by atoms with Crippen molar-refractivity contribution < 1.29 is 4.79 Å². The van der Waals surface area contributed by atoms with Gasteiger partial charge in [-0.05, 0) is 36.2 Å². The number of piperazine rings is 1. The number of amides is 2. The van der Waals surface area contributed by atoms with Gasteiger partial charge in [-0.25, -0.2) is 9.78 Å². The summed E-state index contributed by atoms with van der Waals surface area (Å²) < 4.78 is 1.79. The van der Waals surface area contributed by atoms with E-state index in [1.807, 2.05) is 36.4 Å². The third-order valence-electron chi connectivity index (χ3n) is 9.03. The molecule has 1 N–H and O–H groups in total. The van der Waals surface area contributed by atoms with Crippen LogP contribution in [0, 0.1) is 11.3 Å². The van der Waals surface area contributed by atoms with Crippen molar-refractivity contribution in [2.24, 2.45) is 11.3 Å². The van der Waals surface area contributed by atoms with E-state index in [9.17, 15) is 9.59 Å². The molecule has 1 aromatic heterocycles. The van der Waals surface area contributed by atoms with Crippen LogP contribution >= 0.6 is 0 Å². The predicted molar refractivity (Wildman–Crippen MR) is 149 cm³/mol. The number of carbonyl (C=O) groups is 1. The number of hydrogen-bond acceptors (Lipinski definition) is 4. The summed E-state index contributed by atoms with van der Waals surface area (Å²) in [5.41, 5.74) is 2.92. The maximum atomic E-state index is 13.9. The topological polar surface area (TPSA) is 70.5 Å². The number of piperidine rings is 1. The molecule has 2 saturated heterocycles. The Hall–Kier alpha value is -3.45. The highest BCUT2D eigenvalue weighted by molar-refractivity contribution is 5.75. The molecule has 2 aliphatic heterocycles. The Morgan fingerprint density at radius 2 is 1.74 bits per heavy atom. The maximum absolute atomic E-state index is 13.9. The van der Waals surface area contributed by atoms with Crippen LogP contribution in [0.3, 0.4) is 0 Å². The second-order valence-electron chi connectivity index (χ2n) is 11.2. The lowest BCUT2D eigenvalue weighted by molar-refractivity contribution is 0.0234. The van der Waals surface area contributed by atoms with Crippen molar-refractivity contribution in [3.8, 4) is 11.3 Å². The number of nitrogens with one attached hydrogen (secondary N) is 1. The van der Waals surface area contributed by atoms with Crippen LogP contribution in [0.25, 0.3) is 11.3 Å². The zero-order valence-electron chi connectivity index (χ0n) is 22.0. The number of rotatable bonds is 4. The van der Waals surface area contributed by atoms with Crippen molar-refractivity contribution in [2.75, 3.05) is 32.7 Å². The summed E-state index contributed by atoms with van der Waals surface area (Å²) in [5, 5.41) is 3.47. The molecule has 2 amide bonds. The molecule has 7 heteroatoms. The summed E-state index contributed by atoms with van der Waals surface area (Å²) in [6.07, 6.45) is 7.26. The van der Waals surface area contributed by atoms with Gasteiger partial charge in [0.2, 0.25) is 0 Å². The quantitative estimate of drug-likeness (QED) is 0.558. The maximum Gasteiger partial charge on any atom is 0.320 e. The second-order valence-corrected chi connectivity index (χ2v) is 11.2. The molecular formula is C31H37N5O2. The van der Waals surface area contributed by atoms with Gasteiger partial charge in [0, 0.05) is 50.9 Å². The molecule has 198 valence electrons. The Bertz CT molecular complexity index is 1300. The second kappa shape index (κ2) is 10.7. The van der Waals surface area contributed by atoms with E-state index in [1.54, 1.807) is 17.0 Å². The van der Waals surface area contributed by atoms with Crippen LogP contribution in [0.5, 0.6) is 0 Å². The largest absolute Gasteiger partial charge is 0.324 e.